The van der Waals surface area contributed by atoms with E-state index in [0.29, 0.717) is 44.3 Å². The van der Waals surface area contributed by atoms with E-state index in [4.69, 9.17) is 17.2 Å². The molecule has 0 radical (unpaired) electrons. The monoisotopic (exact) mass is 732 g/mol. The number of nitrogens with one attached hydrogen (secondary N) is 4. The number of hydrogen-bond donors (Lipinski definition) is 9. The molecule has 16 nitrogen and oxygen atoms in total. The van der Waals surface area contributed by atoms with Gasteiger partial charge in [-0.05, 0) is 88.1 Å². The van der Waals surface area contributed by atoms with Gasteiger partial charge in [0.15, 0.2) is 0 Å². The molecule has 5 atom stereocenters. The van der Waals surface area contributed by atoms with Gasteiger partial charge in [0, 0.05) is 13.0 Å². The highest BCUT2D eigenvalue weighted by atomic mass is 16.4. The van der Waals surface area contributed by atoms with Gasteiger partial charge in [-0.15, -0.1) is 6.58 Å². The number of aromatic hydroxyl groups is 1. The highest BCUT2D eigenvalue weighted by molar-refractivity contribution is 5.96. The SMILES string of the molecule is C=CC[C@H](N)C(=O)N[C@@H](CCCCN)C(=O)N[C@@H](CCCCN)C(=O)N[C@@H](CC)C(=O)N[C@@H](Cc1ccc(O)cc1)C(=O)N(CC(=O)O)CC(C)C. The number of amides is 5. The number of phenolic OH excluding ortho intramolecular Hbond substituents is 1. The molecule has 0 aliphatic heterocycles. The van der Waals surface area contributed by atoms with Crippen LogP contribution in [0.3, 0.4) is 0 Å². The highest BCUT2D eigenvalue weighted by Crippen LogP contribution is 2.14. The van der Waals surface area contributed by atoms with Crippen LogP contribution in [0.2, 0.25) is 0 Å². The predicted octanol–water partition coefficient (Wildman–Crippen LogP) is 0.0145. The molecule has 16 heteroatoms. The number of carbonyl (C=O) groups excluding carboxylic acids is 5. The van der Waals surface area contributed by atoms with E-state index in [-0.39, 0.29) is 50.3 Å². The Kier molecular flexibility index (Phi) is 21.5. The Morgan fingerprint density at radius 3 is 1.73 bits per heavy atom. The molecule has 292 valence electrons. The van der Waals surface area contributed by atoms with Crippen molar-refractivity contribution in [3.63, 3.8) is 0 Å². The van der Waals surface area contributed by atoms with Crippen molar-refractivity contribution < 1.29 is 39.0 Å². The van der Waals surface area contributed by atoms with E-state index < -0.39 is 72.3 Å². The number of phenols is 1. The van der Waals surface area contributed by atoms with Crippen molar-refractivity contribution in [1.29, 1.82) is 0 Å². The lowest BCUT2D eigenvalue weighted by Gasteiger charge is -2.30. The van der Waals surface area contributed by atoms with Gasteiger partial charge in [-0.1, -0.05) is 39.0 Å². The maximum Gasteiger partial charge on any atom is 0.323 e. The number of unbranched alkanes of at least 4 members (excludes halogenated alkanes) is 2. The summed E-state index contributed by atoms with van der Waals surface area (Å²) in [5.41, 5.74) is 17.8. The molecule has 0 spiro atoms. The zero-order valence-electron chi connectivity index (χ0n) is 30.8. The molecule has 0 fully saturated rings. The highest BCUT2D eigenvalue weighted by Gasteiger charge is 2.33. The van der Waals surface area contributed by atoms with Crippen LogP contribution in [0.5, 0.6) is 5.75 Å². The molecule has 0 saturated heterocycles. The van der Waals surface area contributed by atoms with Crippen LogP contribution in [0.15, 0.2) is 36.9 Å². The molecule has 0 heterocycles. The molecule has 52 heavy (non-hydrogen) atoms. The smallest absolute Gasteiger partial charge is 0.323 e. The third-order valence-corrected chi connectivity index (χ3v) is 8.17. The van der Waals surface area contributed by atoms with E-state index in [0.717, 1.165) is 4.90 Å². The van der Waals surface area contributed by atoms with Gasteiger partial charge in [-0.25, -0.2) is 0 Å². The third-order valence-electron chi connectivity index (χ3n) is 8.17. The first-order valence-corrected chi connectivity index (χ1v) is 17.9. The van der Waals surface area contributed by atoms with Crippen LogP contribution >= 0.6 is 0 Å². The lowest BCUT2D eigenvalue weighted by atomic mass is 10.0. The van der Waals surface area contributed by atoms with Gasteiger partial charge in [0.05, 0.1) is 6.04 Å². The van der Waals surface area contributed by atoms with Crippen LogP contribution in [0.25, 0.3) is 0 Å². The van der Waals surface area contributed by atoms with Crippen molar-refractivity contribution >= 4 is 35.5 Å². The molecule has 0 aromatic heterocycles. The first-order valence-electron chi connectivity index (χ1n) is 17.9. The zero-order valence-corrected chi connectivity index (χ0v) is 30.8. The summed E-state index contributed by atoms with van der Waals surface area (Å²) in [4.78, 5) is 80.2. The van der Waals surface area contributed by atoms with Gasteiger partial charge in [-0.3, -0.25) is 28.8 Å². The Hall–Kier alpha value is -4.54. The Labute approximate surface area is 306 Å². The van der Waals surface area contributed by atoms with Crippen molar-refractivity contribution in [1.82, 2.24) is 26.2 Å². The summed E-state index contributed by atoms with van der Waals surface area (Å²) in [6.07, 6.45) is 4.40. The van der Waals surface area contributed by atoms with Crippen molar-refractivity contribution in [3.05, 3.63) is 42.5 Å². The number of carbonyl (C=O) groups is 6. The zero-order chi connectivity index (χ0) is 39.2. The van der Waals surface area contributed by atoms with Crippen LogP contribution in [-0.2, 0) is 35.2 Å². The molecule has 12 N–H and O–H groups in total. The van der Waals surface area contributed by atoms with Crippen LogP contribution < -0.4 is 38.5 Å². The number of rotatable bonds is 26. The fraction of sp³-hybridized carbons (Fsp3) is 0.611. The Balaban J connectivity index is 3.29. The number of aliphatic carboxylic acids is 1. The van der Waals surface area contributed by atoms with E-state index in [2.05, 4.69) is 27.8 Å². The molecule has 0 aliphatic carbocycles. The maximum atomic E-state index is 13.7. The molecule has 0 aliphatic rings. The average Bonchev–Trinajstić information content (AvgIpc) is 3.09. The molecular formula is C36H60N8O8. The quantitative estimate of drug-likeness (QED) is 0.0452. The maximum absolute atomic E-state index is 13.7. The summed E-state index contributed by atoms with van der Waals surface area (Å²) in [7, 11) is 0. The number of carboxylic acids is 1. The third kappa shape index (κ3) is 17.1. The molecular weight excluding hydrogens is 672 g/mol. The average molecular weight is 733 g/mol. The fourth-order valence-corrected chi connectivity index (χ4v) is 5.38. The standard InChI is InChI=1S/C36H60N8O8/c1-5-11-26(39)32(48)41-28(12-7-9-18-37)35(51)42-29(13-8-10-19-38)34(50)40-27(6-2)33(49)43-30(20-24-14-16-25(45)17-15-24)36(52)44(21-23(3)4)22-31(46)47/h5,14-17,23,26-30,45H,1,6-13,18-22,37-39H2,2-4H3,(H,40,50)(H,41,48)(H,42,51)(H,43,49)(H,46,47)/t26-,27-,28-,29-,30-/m0/s1. The van der Waals surface area contributed by atoms with Gasteiger partial charge in [0.2, 0.25) is 29.5 Å². The first-order chi connectivity index (χ1) is 24.7. The minimum atomic E-state index is -1.22. The van der Waals surface area contributed by atoms with E-state index >= 15 is 0 Å². The van der Waals surface area contributed by atoms with Gasteiger partial charge in [0.25, 0.3) is 0 Å². The Bertz CT molecular complexity index is 1310. The van der Waals surface area contributed by atoms with E-state index in [1.165, 1.54) is 18.2 Å². The molecule has 0 saturated carbocycles. The predicted molar refractivity (Wildman–Crippen MR) is 197 cm³/mol. The lowest BCUT2D eigenvalue weighted by molar-refractivity contribution is -0.146. The van der Waals surface area contributed by atoms with Crippen LogP contribution in [0, 0.1) is 5.92 Å². The number of nitrogens with two attached hydrogens (primary N) is 3. The number of hydrogen-bond acceptors (Lipinski definition) is 10. The topological polar surface area (TPSA) is 272 Å². The Morgan fingerprint density at radius 2 is 1.27 bits per heavy atom. The molecule has 0 unspecified atom stereocenters. The van der Waals surface area contributed by atoms with Crippen molar-refractivity contribution in [2.75, 3.05) is 26.2 Å². The normalized spacial score (nSPS) is 13.9. The molecule has 1 aromatic rings. The fourth-order valence-electron chi connectivity index (χ4n) is 5.38. The summed E-state index contributed by atoms with van der Waals surface area (Å²) in [6, 6.07) is 0.676. The summed E-state index contributed by atoms with van der Waals surface area (Å²) in [5, 5.41) is 30.0. The largest absolute Gasteiger partial charge is 0.508 e. The first kappa shape index (κ1) is 45.5. The second kappa shape index (κ2) is 24.6. The van der Waals surface area contributed by atoms with Crippen LogP contribution in [0.4, 0.5) is 0 Å². The summed E-state index contributed by atoms with van der Waals surface area (Å²) in [5.74, 6) is -4.41. The Morgan fingerprint density at radius 1 is 0.788 bits per heavy atom. The minimum Gasteiger partial charge on any atom is -0.508 e. The van der Waals surface area contributed by atoms with Gasteiger partial charge in [-0.2, -0.15) is 0 Å². The second-order valence-electron chi connectivity index (χ2n) is 13.2. The molecule has 0 bridgehead atoms. The number of carboxylic acid groups (broad SMARTS) is 1. The van der Waals surface area contributed by atoms with Gasteiger partial charge >= 0.3 is 5.97 Å². The van der Waals surface area contributed by atoms with Crippen LogP contribution in [0.1, 0.15) is 77.7 Å². The van der Waals surface area contributed by atoms with Crippen molar-refractivity contribution in [3.8, 4) is 5.75 Å². The number of nitrogens with zero attached hydrogens (tertiary/aromatic N) is 1. The van der Waals surface area contributed by atoms with Gasteiger partial charge < -0.3 is 53.6 Å². The van der Waals surface area contributed by atoms with Crippen molar-refractivity contribution in [2.45, 2.75) is 109 Å². The minimum absolute atomic E-state index is 0.00497. The van der Waals surface area contributed by atoms with Crippen LogP contribution in [-0.4, -0.2) is 107 Å². The molecule has 1 aromatic carbocycles. The summed E-state index contributed by atoms with van der Waals surface area (Å²) < 4.78 is 0. The van der Waals surface area contributed by atoms with Crippen molar-refractivity contribution in [2.24, 2.45) is 23.1 Å². The molecule has 5 amide bonds. The van der Waals surface area contributed by atoms with E-state index in [1.807, 2.05) is 13.8 Å². The summed E-state index contributed by atoms with van der Waals surface area (Å²) >= 11 is 0. The number of benzene rings is 1. The second-order valence-corrected chi connectivity index (χ2v) is 13.2. The van der Waals surface area contributed by atoms with Gasteiger partial charge in [0.1, 0.15) is 36.5 Å². The molecule has 1 rings (SSSR count). The van der Waals surface area contributed by atoms with E-state index in [9.17, 15) is 39.0 Å². The lowest BCUT2D eigenvalue weighted by Crippen LogP contribution is -2.59. The van der Waals surface area contributed by atoms with E-state index in [1.54, 1.807) is 19.1 Å². The summed E-state index contributed by atoms with van der Waals surface area (Å²) in [6.45, 7) is 9.19.